The molecular weight excluding hydrogens is 150 g/mol. The van der Waals surface area contributed by atoms with E-state index in [1.165, 1.54) is 0 Å². The fraction of sp³-hybridized carbons (Fsp3) is 0.300. The van der Waals surface area contributed by atoms with Crippen molar-refractivity contribution in [2.24, 2.45) is 0 Å². The highest BCUT2D eigenvalue weighted by atomic mass is 16.5. The third kappa shape index (κ3) is 1.76. The molecule has 1 heterocycles. The van der Waals surface area contributed by atoms with Crippen molar-refractivity contribution in [1.29, 1.82) is 0 Å². The quantitative estimate of drug-likeness (QED) is 0.617. The molecule has 2 heteroatoms. The van der Waals surface area contributed by atoms with E-state index in [1.807, 2.05) is 19.9 Å². The van der Waals surface area contributed by atoms with E-state index < -0.39 is 0 Å². The first kappa shape index (κ1) is 8.61. The van der Waals surface area contributed by atoms with E-state index in [9.17, 15) is 0 Å². The Balaban J connectivity index is 3.01. The summed E-state index contributed by atoms with van der Waals surface area (Å²) >= 11 is 0. The van der Waals surface area contributed by atoms with Gasteiger partial charge in [-0.3, -0.25) is 4.98 Å². The summed E-state index contributed by atoms with van der Waals surface area (Å²) in [5.74, 6) is 3.28. The van der Waals surface area contributed by atoms with Gasteiger partial charge in [0.1, 0.15) is 5.75 Å². The van der Waals surface area contributed by atoms with Crippen LogP contribution in [0.1, 0.15) is 18.2 Å². The van der Waals surface area contributed by atoms with Crippen molar-refractivity contribution in [3.05, 3.63) is 23.5 Å². The first-order valence-electron chi connectivity index (χ1n) is 3.84. The molecule has 12 heavy (non-hydrogen) atoms. The Hall–Kier alpha value is -1.49. The van der Waals surface area contributed by atoms with E-state index >= 15 is 0 Å². The second-order valence-corrected chi connectivity index (χ2v) is 2.38. The van der Waals surface area contributed by atoms with Gasteiger partial charge in [-0.2, -0.15) is 0 Å². The van der Waals surface area contributed by atoms with Crippen molar-refractivity contribution in [3.63, 3.8) is 0 Å². The van der Waals surface area contributed by atoms with E-state index in [0.29, 0.717) is 6.61 Å². The van der Waals surface area contributed by atoms with Gasteiger partial charge in [0.25, 0.3) is 0 Å². The zero-order valence-corrected chi connectivity index (χ0v) is 7.29. The molecule has 0 aliphatic heterocycles. The van der Waals surface area contributed by atoms with Crippen LogP contribution < -0.4 is 4.74 Å². The third-order valence-electron chi connectivity index (χ3n) is 1.51. The Morgan fingerprint density at radius 1 is 1.67 bits per heavy atom. The lowest BCUT2D eigenvalue weighted by molar-refractivity contribution is 0.336. The van der Waals surface area contributed by atoms with Gasteiger partial charge in [0.05, 0.1) is 12.3 Å². The van der Waals surface area contributed by atoms with E-state index in [0.717, 1.165) is 17.0 Å². The number of aromatic nitrogens is 1. The van der Waals surface area contributed by atoms with Crippen LogP contribution in [0, 0.1) is 19.3 Å². The molecule has 1 aromatic heterocycles. The highest BCUT2D eigenvalue weighted by molar-refractivity contribution is 5.38. The van der Waals surface area contributed by atoms with Gasteiger partial charge in [0.15, 0.2) is 0 Å². The smallest absolute Gasteiger partial charge is 0.141 e. The molecule has 0 unspecified atom stereocenters. The van der Waals surface area contributed by atoms with Gasteiger partial charge < -0.3 is 4.74 Å². The van der Waals surface area contributed by atoms with Gasteiger partial charge in [0, 0.05) is 11.8 Å². The summed E-state index contributed by atoms with van der Waals surface area (Å²) < 4.78 is 5.32. The second-order valence-electron chi connectivity index (χ2n) is 2.38. The summed E-state index contributed by atoms with van der Waals surface area (Å²) in [6.07, 6.45) is 6.88. The Kier molecular flexibility index (Phi) is 2.71. The number of hydrogen-bond donors (Lipinski definition) is 0. The molecule has 1 rings (SSSR count). The van der Waals surface area contributed by atoms with Gasteiger partial charge in [-0.1, -0.05) is 5.92 Å². The minimum Gasteiger partial charge on any atom is -0.492 e. The Morgan fingerprint density at radius 3 is 3.00 bits per heavy atom. The summed E-state index contributed by atoms with van der Waals surface area (Å²) in [4.78, 5) is 4.10. The predicted molar refractivity (Wildman–Crippen MR) is 48.1 cm³/mol. The zero-order chi connectivity index (χ0) is 8.97. The molecule has 0 saturated heterocycles. The lowest BCUT2D eigenvalue weighted by Gasteiger charge is -2.05. The molecule has 0 aliphatic carbocycles. The largest absolute Gasteiger partial charge is 0.492 e. The highest BCUT2D eigenvalue weighted by Gasteiger charge is 1.99. The van der Waals surface area contributed by atoms with Crippen molar-refractivity contribution in [2.75, 3.05) is 6.61 Å². The number of pyridine rings is 1. The van der Waals surface area contributed by atoms with Crippen LogP contribution in [-0.4, -0.2) is 11.6 Å². The lowest BCUT2D eigenvalue weighted by atomic mass is 10.2. The maximum absolute atomic E-state index is 5.32. The SMILES string of the molecule is C#Cc1cnc(C)c(OCC)c1. The van der Waals surface area contributed by atoms with Crippen LogP contribution >= 0.6 is 0 Å². The highest BCUT2D eigenvalue weighted by Crippen LogP contribution is 2.15. The van der Waals surface area contributed by atoms with Crippen LogP contribution in [0.25, 0.3) is 0 Å². The summed E-state index contributed by atoms with van der Waals surface area (Å²) in [6, 6.07) is 1.83. The van der Waals surface area contributed by atoms with Crippen LogP contribution in [0.3, 0.4) is 0 Å². The topological polar surface area (TPSA) is 22.1 Å². The van der Waals surface area contributed by atoms with Crippen molar-refractivity contribution in [2.45, 2.75) is 13.8 Å². The van der Waals surface area contributed by atoms with Gasteiger partial charge >= 0.3 is 0 Å². The maximum atomic E-state index is 5.32. The van der Waals surface area contributed by atoms with E-state index in [-0.39, 0.29) is 0 Å². The Bertz CT molecular complexity index is 312. The molecule has 0 spiro atoms. The van der Waals surface area contributed by atoms with Gasteiger partial charge in [-0.15, -0.1) is 6.42 Å². The van der Waals surface area contributed by atoms with E-state index in [4.69, 9.17) is 11.2 Å². The standard InChI is InChI=1S/C10H11NO/c1-4-9-6-10(12-5-2)8(3)11-7-9/h1,6-7H,5H2,2-3H3. The molecule has 0 aliphatic rings. The lowest BCUT2D eigenvalue weighted by Crippen LogP contribution is -1.96. The average molecular weight is 161 g/mol. The van der Waals surface area contributed by atoms with Crippen molar-refractivity contribution >= 4 is 0 Å². The molecule has 0 atom stereocenters. The molecule has 0 radical (unpaired) electrons. The molecule has 0 saturated carbocycles. The zero-order valence-electron chi connectivity index (χ0n) is 7.29. The summed E-state index contributed by atoms with van der Waals surface area (Å²) in [5.41, 5.74) is 1.62. The summed E-state index contributed by atoms with van der Waals surface area (Å²) in [7, 11) is 0. The number of rotatable bonds is 2. The summed E-state index contributed by atoms with van der Waals surface area (Å²) in [5, 5.41) is 0. The minimum atomic E-state index is 0.635. The number of nitrogens with zero attached hydrogens (tertiary/aromatic N) is 1. The van der Waals surface area contributed by atoms with Crippen molar-refractivity contribution in [1.82, 2.24) is 4.98 Å². The normalized spacial score (nSPS) is 9.08. The van der Waals surface area contributed by atoms with Crippen LogP contribution in [0.5, 0.6) is 5.75 Å². The monoisotopic (exact) mass is 161 g/mol. The van der Waals surface area contributed by atoms with Gasteiger partial charge in [-0.05, 0) is 19.9 Å². The van der Waals surface area contributed by atoms with Crippen LogP contribution in [0.2, 0.25) is 0 Å². The molecule has 0 amide bonds. The Labute approximate surface area is 72.6 Å². The summed E-state index contributed by atoms with van der Waals surface area (Å²) in [6.45, 7) is 4.46. The molecule has 2 nitrogen and oxygen atoms in total. The van der Waals surface area contributed by atoms with Crippen LogP contribution in [0.15, 0.2) is 12.3 Å². The first-order valence-corrected chi connectivity index (χ1v) is 3.84. The molecule has 0 bridgehead atoms. The molecule has 1 aromatic rings. The van der Waals surface area contributed by atoms with E-state index in [1.54, 1.807) is 6.20 Å². The van der Waals surface area contributed by atoms with Crippen molar-refractivity contribution < 1.29 is 4.74 Å². The average Bonchev–Trinajstić information content (AvgIpc) is 2.09. The molecule has 0 fully saturated rings. The van der Waals surface area contributed by atoms with Crippen LogP contribution in [-0.2, 0) is 0 Å². The molecule has 0 aromatic carbocycles. The molecule has 62 valence electrons. The minimum absolute atomic E-state index is 0.635. The number of ether oxygens (including phenoxy) is 1. The number of terminal acetylenes is 1. The fourth-order valence-corrected chi connectivity index (χ4v) is 0.893. The fourth-order valence-electron chi connectivity index (χ4n) is 0.893. The second kappa shape index (κ2) is 3.77. The van der Waals surface area contributed by atoms with Crippen LogP contribution in [0.4, 0.5) is 0 Å². The van der Waals surface area contributed by atoms with E-state index in [2.05, 4.69) is 10.9 Å². The van der Waals surface area contributed by atoms with Gasteiger partial charge in [0.2, 0.25) is 0 Å². The molecular formula is C10H11NO. The maximum Gasteiger partial charge on any atom is 0.141 e. The first-order chi connectivity index (χ1) is 5.77. The predicted octanol–water partition coefficient (Wildman–Crippen LogP) is 1.77. The Morgan fingerprint density at radius 2 is 2.42 bits per heavy atom. The van der Waals surface area contributed by atoms with Crippen molar-refractivity contribution in [3.8, 4) is 18.1 Å². The van der Waals surface area contributed by atoms with Gasteiger partial charge in [-0.25, -0.2) is 0 Å². The third-order valence-corrected chi connectivity index (χ3v) is 1.51. The molecule has 0 N–H and O–H groups in total. The number of aryl methyl sites for hydroxylation is 1. The number of hydrogen-bond acceptors (Lipinski definition) is 2.